The van der Waals surface area contributed by atoms with Gasteiger partial charge in [0.05, 0.1) is 6.10 Å². The van der Waals surface area contributed by atoms with E-state index < -0.39 is 6.10 Å². The highest BCUT2D eigenvalue weighted by Crippen LogP contribution is 2.33. The first-order valence-electron chi connectivity index (χ1n) is 7.39. The van der Waals surface area contributed by atoms with Gasteiger partial charge in [-0.15, -0.1) is 0 Å². The number of hydrogen-bond donors (Lipinski definition) is 2. The normalized spacial score (nSPS) is 24.3. The summed E-state index contributed by atoms with van der Waals surface area (Å²) in [7, 11) is 0. The summed E-state index contributed by atoms with van der Waals surface area (Å²) in [6, 6.07) is -0.318. The van der Waals surface area contributed by atoms with Crippen LogP contribution in [0.4, 0.5) is 0 Å². The molecule has 1 saturated heterocycles. The molecule has 0 spiro atoms. The van der Waals surface area contributed by atoms with E-state index in [-0.39, 0.29) is 30.3 Å². The van der Waals surface area contributed by atoms with Crippen LogP contribution in [0.25, 0.3) is 0 Å². The molecule has 0 aromatic rings. The van der Waals surface area contributed by atoms with Crippen molar-refractivity contribution < 1.29 is 14.7 Å². The fourth-order valence-electron chi connectivity index (χ4n) is 2.64. The number of carbonyl (C=O) groups excluding carboxylic acids is 2. The molecule has 0 aromatic heterocycles. The third kappa shape index (κ3) is 3.69. The lowest BCUT2D eigenvalue weighted by molar-refractivity contribution is -0.139. The van der Waals surface area contributed by atoms with Crippen LogP contribution in [0.5, 0.6) is 0 Å². The Kier molecular flexibility index (Phi) is 4.80. The van der Waals surface area contributed by atoms with Gasteiger partial charge in [0.2, 0.25) is 11.8 Å². The van der Waals surface area contributed by atoms with E-state index in [9.17, 15) is 14.7 Å². The standard InChI is InChI=1S/C14H24N2O3/c1-2-4-11(17)9-15-13(18)12-5-3-8-16(12)14(19)10-6-7-10/h10-12,17H,2-9H2,1H3,(H,15,18). The van der Waals surface area contributed by atoms with Crippen LogP contribution >= 0.6 is 0 Å². The second-order valence-electron chi connectivity index (χ2n) is 5.65. The molecule has 5 heteroatoms. The molecule has 19 heavy (non-hydrogen) atoms. The van der Waals surface area contributed by atoms with E-state index in [0.29, 0.717) is 13.0 Å². The SMILES string of the molecule is CCCC(O)CNC(=O)C1CCCN1C(=O)C1CC1. The van der Waals surface area contributed by atoms with Crippen molar-refractivity contribution in [3.63, 3.8) is 0 Å². The van der Waals surface area contributed by atoms with E-state index in [1.165, 1.54) is 0 Å². The van der Waals surface area contributed by atoms with Crippen LogP contribution in [0.15, 0.2) is 0 Å². The molecule has 0 bridgehead atoms. The van der Waals surface area contributed by atoms with Crippen LogP contribution in [0, 0.1) is 5.92 Å². The third-order valence-electron chi connectivity index (χ3n) is 3.90. The molecule has 2 fully saturated rings. The lowest BCUT2D eigenvalue weighted by Gasteiger charge is -2.24. The van der Waals surface area contributed by atoms with Gasteiger partial charge in [-0.1, -0.05) is 13.3 Å². The van der Waals surface area contributed by atoms with Gasteiger partial charge in [0.15, 0.2) is 0 Å². The molecule has 1 saturated carbocycles. The van der Waals surface area contributed by atoms with Crippen LogP contribution < -0.4 is 5.32 Å². The Morgan fingerprint density at radius 3 is 2.74 bits per heavy atom. The Labute approximate surface area is 114 Å². The third-order valence-corrected chi connectivity index (χ3v) is 3.90. The summed E-state index contributed by atoms with van der Waals surface area (Å²) in [5.41, 5.74) is 0. The summed E-state index contributed by atoms with van der Waals surface area (Å²) in [6.45, 7) is 2.98. The van der Waals surface area contributed by atoms with Gasteiger partial charge in [-0.2, -0.15) is 0 Å². The second kappa shape index (κ2) is 6.37. The first-order chi connectivity index (χ1) is 9.13. The minimum atomic E-state index is -0.483. The van der Waals surface area contributed by atoms with Crippen molar-refractivity contribution in [1.29, 1.82) is 0 Å². The molecule has 5 nitrogen and oxygen atoms in total. The lowest BCUT2D eigenvalue weighted by Crippen LogP contribution is -2.47. The van der Waals surface area contributed by atoms with Gasteiger partial charge in [-0.05, 0) is 32.1 Å². The van der Waals surface area contributed by atoms with Gasteiger partial charge in [-0.25, -0.2) is 0 Å². The maximum atomic E-state index is 12.1. The van der Waals surface area contributed by atoms with Crippen LogP contribution in [0.1, 0.15) is 45.4 Å². The average molecular weight is 268 g/mol. The van der Waals surface area contributed by atoms with Crippen molar-refractivity contribution >= 4 is 11.8 Å². The molecular weight excluding hydrogens is 244 g/mol. The molecular formula is C14H24N2O3. The fourth-order valence-corrected chi connectivity index (χ4v) is 2.64. The minimum absolute atomic E-state index is 0.110. The average Bonchev–Trinajstić information content (AvgIpc) is 3.12. The maximum Gasteiger partial charge on any atom is 0.242 e. The van der Waals surface area contributed by atoms with E-state index in [2.05, 4.69) is 5.32 Å². The van der Waals surface area contributed by atoms with Crippen molar-refractivity contribution in [2.24, 2.45) is 5.92 Å². The summed E-state index contributed by atoms with van der Waals surface area (Å²) < 4.78 is 0. The molecule has 2 amide bonds. The zero-order valence-electron chi connectivity index (χ0n) is 11.6. The first kappa shape index (κ1) is 14.3. The Balaban J connectivity index is 1.81. The Bertz CT molecular complexity index is 342. The number of amides is 2. The molecule has 1 heterocycles. The van der Waals surface area contributed by atoms with Crippen LogP contribution in [0.2, 0.25) is 0 Å². The van der Waals surface area contributed by atoms with Gasteiger partial charge in [0, 0.05) is 19.0 Å². The molecule has 1 aliphatic heterocycles. The zero-order valence-corrected chi connectivity index (χ0v) is 11.6. The lowest BCUT2D eigenvalue weighted by atomic mass is 10.1. The number of carbonyl (C=O) groups is 2. The fraction of sp³-hybridized carbons (Fsp3) is 0.857. The topological polar surface area (TPSA) is 69.6 Å². The van der Waals surface area contributed by atoms with Gasteiger partial charge in [0.1, 0.15) is 6.04 Å². The van der Waals surface area contributed by atoms with E-state index >= 15 is 0 Å². The highest BCUT2D eigenvalue weighted by Gasteiger charge is 2.40. The number of aliphatic hydroxyl groups excluding tert-OH is 1. The monoisotopic (exact) mass is 268 g/mol. The molecule has 2 unspecified atom stereocenters. The molecule has 0 radical (unpaired) electrons. The summed E-state index contributed by atoms with van der Waals surface area (Å²) in [5.74, 6) is 0.201. The van der Waals surface area contributed by atoms with Crippen LogP contribution in [-0.2, 0) is 9.59 Å². The summed E-state index contributed by atoms with van der Waals surface area (Å²) in [5, 5.41) is 12.4. The van der Waals surface area contributed by atoms with Gasteiger partial charge in [0.25, 0.3) is 0 Å². The predicted molar refractivity (Wildman–Crippen MR) is 71.4 cm³/mol. The van der Waals surface area contributed by atoms with Crippen molar-refractivity contribution in [2.75, 3.05) is 13.1 Å². The molecule has 2 rings (SSSR count). The number of hydrogen-bond acceptors (Lipinski definition) is 3. The predicted octanol–water partition coefficient (Wildman–Crippen LogP) is 0.665. The summed E-state index contributed by atoms with van der Waals surface area (Å²) >= 11 is 0. The first-order valence-corrected chi connectivity index (χ1v) is 7.39. The van der Waals surface area contributed by atoms with Crippen molar-refractivity contribution in [3.05, 3.63) is 0 Å². The van der Waals surface area contributed by atoms with Gasteiger partial charge >= 0.3 is 0 Å². The van der Waals surface area contributed by atoms with Gasteiger partial charge in [-0.3, -0.25) is 9.59 Å². The number of nitrogens with one attached hydrogen (secondary N) is 1. The minimum Gasteiger partial charge on any atom is -0.391 e. The molecule has 2 aliphatic rings. The molecule has 108 valence electrons. The van der Waals surface area contributed by atoms with Crippen molar-refractivity contribution in [3.8, 4) is 0 Å². The largest absolute Gasteiger partial charge is 0.391 e. The Hall–Kier alpha value is -1.10. The number of rotatable bonds is 6. The van der Waals surface area contributed by atoms with Crippen LogP contribution in [0.3, 0.4) is 0 Å². The Morgan fingerprint density at radius 1 is 1.37 bits per heavy atom. The maximum absolute atomic E-state index is 12.1. The number of aliphatic hydroxyl groups is 1. The van der Waals surface area contributed by atoms with Crippen molar-refractivity contribution in [2.45, 2.75) is 57.6 Å². The van der Waals surface area contributed by atoms with Gasteiger partial charge < -0.3 is 15.3 Å². The quantitative estimate of drug-likeness (QED) is 0.743. The van der Waals surface area contributed by atoms with Crippen molar-refractivity contribution in [1.82, 2.24) is 10.2 Å². The summed E-state index contributed by atoms with van der Waals surface area (Å²) in [6.07, 6.45) is 4.69. The Morgan fingerprint density at radius 2 is 2.11 bits per heavy atom. The molecule has 1 aliphatic carbocycles. The number of nitrogens with zero attached hydrogens (tertiary/aromatic N) is 1. The van der Waals surface area contributed by atoms with E-state index in [0.717, 1.165) is 32.1 Å². The summed E-state index contributed by atoms with van der Waals surface area (Å²) in [4.78, 5) is 25.9. The number of likely N-dealkylation sites (tertiary alicyclic amines) is 1. The highest BCUT2D eigenvalue weighted by atomic mass is 16.3. The smallest absolute Gasteiger partial charge is 0.242 e. The van der Waals surface area contributed by atoms with Crippen LogP contribution in [-0.4, -0.2) is 47.1 Å². The zero-order chi connectivity index (χ0) is 13.8. The second-order valence-corrected chi connectivity index (χ2v) is 5.65. The van der Waals surface area contributed by atoms with E-state index in [1.807, 2.05) is 6.92 Å². The molecule has 2 N–H and O–H groups in total. The molecule has 0 aromatic carbocycles. The molecule has 2 atom stereocenters. The van der Waals surface area contributed by atoms with E-state index in [1.54, 1.807) is 4.90 Å². The highest BCUT2D eigenvalue weighted by molar-refractivity contribution is 5.89. The van der Waals surface area contributed by atoms with E-state index in [4.69, 9.17) is 0 Å².